The van der Waals surface area contributed by atoms with Crippen molar-refractivity contribution in [1.82, 2.24) is 9.62 Å². The first kappa shape index (κ1) is 22.1. The Bertz CT molecular complexity index is 1200. The zero-order chi connectivity index (χ0) is 22.0. The molecule has 3 aromatic rings. The number of nitrogens with zero attached hydrogens (tertiary/aromatic N) is 1. The molecule has 0 spiro atoms. The lowest BCUT2D eigenvalue weighted by Crippen LogP contribution is -2.35. The second-order valence-corrected chi connectivity index (χ2v) is 11.0. The van der Waals surface area contributed by atoms with Gasteiger partial charge in [0.1, 0.15) is 4.88 Å². The van der Waals surface area contributed by atoms with Crippen LogP contribution in [-0.2, 0) is 16.4 Å². The Morgan fingerprint density at radius 1 is 1.10 bits per heavy atom. The Kier molecular flexibility index (Phi) is 6.52. The van der Waals surface area contributed by atoms with Crippen molar-refractivity contribution in [3.05, 3.63) is 57.9 Å². The molecule has 1 aromatic heterocycles. The zero-order valence-corrected chi connectivity index (χ0v) is 19.3. The van der Waals surface area contributed by atoms with Gasteiger partial charge in [-0.2, -0.15) is 4.31 Å². The number of nitrogens with two attached hydrogens (primary N) is 1. The summed E-state index contributed by atoms with van der Waals surface area (Å²) in [7, 11) is -3.56. The maximum absolute atomic E-state index is 13.0. The van der Waals surface area contributed by atoms with E-state index in [1.54, 1.807) is 18.2 Å². The number of hydrogen-bond donors (Lipinski definition) is 2. The average Bonchev–Trinajstić information content (AvgIpc) is 3.12. The lowest BCUT2D eigenvalue weighted by molar-refractivity contribution is 0.0959. The van der Waals surface area contributed by atoms with Crippen LogP contribution in [-0.4, -0.2) is 38.3 Å². The van der Waals surface area contributed by atoms with Crippen molar-refractivity contribution in [3.8, 4) is 0 Å². The van der Waals surface area contributed by atoms with E-state index in [2.05, 4.69) is 5.32 Å². The van der Waals surface area contributed by atoms with Crippen molar-refractivity contribution in [1.29, 1.82) is 0 Å². The highest BCUT2D eigenvalue weighted by molar-refractivity contribution is 7.89. The number of nitrogens with one attached hydrogen (secondary N) is 1. The summed E-state index contributed by atoms with van der Waals surface area (Å²) in [5, 5.41) is 4.17. The Morgan fingerprint density at radius 3 is 2.52 bits per heavy atom. The van der Waals surface area contributed by atoms with Crippen LogP contribution in [0.15, 0.2) is 47.4 Å². The second-order valence-electron chi connectivity index (χ2n) is 7.60. The molecular formula is C22H24ClN3O3S2. The number of rotatable bonds is 6. The third-order valence-electron chi connectivity index (χ3n) is 5.47. The van der Waals surface area contributed by atoms with E-state index in [-0.39, 0.29) is 10.8 Å². The third kappa shape index (κ3) is 4.72. The minimum atomic E-state index is -3.56. The van der Waals surface area contributed by atoms with Crippen molar-refractivity contribution in [3.63, 3.8) is 0 Å². The van der Waals surface area contributed by atoms with Gasteiger partial charge in [0.15, 0.2) is 0 Å². The number of halogens is 1. The van der Waals surface area contributed by atoms with Crippen LogP contribution in [0.25, 0.3) is 10.1 Å². The maximum Gasteiger partial charge on any atom is 0.263 e. The number of hydrogen-bond acceptors (Lipinski definition) is 5. The molecule has 1 aliphatic rings. The predicted octanol–water partition coefficient (Wildman–Crippen LogP) is 4.28. The molecule has 3 N–H and O–H groups in total. The lowest BCUT2D eigenvalue weighted by Gasteiger charge is -2.25. The average molecular weight is 478 g/mol. The summed E-state index contributed by atoms with van der Waals surface area (Å²) >= 11 is 7.17. The maximum atomic E-state index is 13.0. The molecule has 0 saturated carbocycles. The number of amides is 1. The highest BCUT2D eigenvalue weighted by Crippen LogP contribution is 2.35. The van der Waals surface area contributed by atoms with Crippen molar-refractivity contribution >= 4 is 54.6 Å². The Balaban J connectivity index is 1.50. The van der Waals surface area contributed by atoms with Gasteiger partial charge in [-0.1, -0.05) is 30.2 Å². The van der Waals surface area contributed by atoms with Crippen molar-refractivity contribution < 1.29 is 13.2 Å². The van der Waals surface area contributed by atoms with E-state index in [0.29, 0.717) is 47.0 Å². The van der Waals surface area contributed by atoms with Gasteiger partial charge in [0, 0.05) is 34.7 Å². The highest BCUT2D eigenvalue weighted by Gasteiger charge is 2.27. The fraction of sp³-hybridized carbons (Fsp3) is 0.318. The van der Waals surface area contributed by atoms with Gasteiger partial charge in [0.2, 0.25) is 10.0 Å². The third-order valence-corrected chi connectivity index (χ3v) is 8.80. The number of carbonyl (C=O) groups is 1. The minimum Gasteiger partial charge on any atom is -0.397 e. The fourth-order valence-corrected chi connectivity index (χ4v) is 6.42. The molecule has 0 atom stereocenters. The first-order valence-corrected chi connectivity index (χ1v) is 12.8. The van der Waals surface area contributed by atoms with Crippen LogP contribution in [0.2, 0.25) is 5.02 Å². The summed E-state index contributed by atoms with van der Waals surface area (Å²) < 4.78 is 28.3. The van der Waals surface area contributed by atoms with E-state index in [1.807, 2.05) is 24.3 Å². The molecular weight excluding hydrogens is 454 g/mol. The van der Waals surface area contributed by atoms with Crippen LogP contribution in [0, 0.1) is 0 Å². The van der Waals surface area contributed by atoms with Crippen molar-refractivity contribution in [2.45, 2.75) is 30.6 Å². The van der Waals surface area contributed by atoms with Gasteiger partial charge in [-0.3, -0.25) is 4.79 Å². The molecule has 164 valence electrons. The first-order chi connectivity index (χ1) is 14.9. The number of nitrogen functional groups attached to an aromatic ring is 1. The van der Waals surface area contributed by atoms with Crippen LogP contribution in [0.1, 0.15) is 34.5 Å². The summed E-state index contributed by atoms with van der Waals surface area (Å²) in [6, 6.07) is 12.4. The normalized spacial score (nSPS) is 15.3. The quantitative estimate of drug-likeness (QED) is 0.554. The van der Waals surface area contributed by atoms with Gasteiger partial charge in [0.25, 0.3) is 5.91 Å². The molecule has 4 rings (SSSR count). The van der Waals surface area contributed by atoms with E-state index < -0.39 is 10.0 Å². The molecule has 1 fully saturated rings. The lowest BCUT2D eigenvalue weighted by atomic mass is 10.1. The Labute approximate surface area is 191 Å². The molecule has 31 heavy (non-hydrogen) atoms. The summed E-state index contributed by atoms with van der Waals surface area (Å²) in [5.74, 6) is -0.256. The highest BCUT2D eigenvalue weighted by atomic mass is 35.5. The molecule has 0 radical (unpaired) electrons. The molecule has 6 nitrogen and oxygen atoms in total. The predicted molar refractivity (Wildman–Crippen MR) is 126 cm³/mol. The number of carbonyl (C=O) groups excluding carboxylic acids is 1. The summed E-state index contributed by atoms with van der Waals surface area (Å²) in [6.07, 6.45) is 3.48. The standard InChI is InChI=1S/C22H24ClN3O3S2/c23-16-6-4-15(5-7-16)10-11-25-22(27)21-20(24)18-14-17(8-9-19(18)30-21)31(28,29)26-12-2-1-3-13-26/h4-9,14H,1-3,10-13,24H2,(H,25,27). The SMILES string of the molecule is Nc1c(C(=O)NCCc2ccc(Cl)cc2)sc2ccc(S(=O)(=O)N3CCCCC3)cc12. The Hall–Kier alpha value is -2.13. The molecule has 1 amide bonds. The van der Waals surface area contributed by atoms with Gasteiger partial charge in [-0.25, -0.2) is 8.42 Å². The second kappa shape index (κ2) is 9.16. The molecule has 1 aliphatic heterocycles. The number of thiophene rings is 1. The largest absolute Gasteiger partial charge is 0.397 e. The van der Waals surface area contributed by atoms with Crippen LogP contribution in [0.5, 0.6) is 0 Å². The monoisotopic (exact) mass is 477 g/mol. The molecule has 1 saturated heterocycles. The number of piperidine rings is 1. The molecule has 9 heteroatoms. The molecule has 2 aromatic carbocycles. The van der Waals surface area contributed by atoms with Gasteiger partial charge < -0.3 is 11.1 Å². The molecule has 2 heterocycles. The van der Waals surface area contributed by atoms with Gasteiger partial charge in [-0.05, 0) is 55.2 Å². The van der Waals surface area contributed by atoms with Gasteiger partial charge in [-0.15, -0.1) is 11.3 Å². The van der Waals surface area contributed by atoms with Crippen molar-refractivity contribution in [2.75, 3.05) is 25.4 Å². The van der Waals surface area contributed by atoms with E-state index in [1.165, 1.54) is 15.6 Å². The van der Waals surface area contributed by atoms with Crippen LogP contribution >= 0.6 is 22.9 Å². The van der Waals surface area contributed by atoms with Gasteiger partial charge in [0.05, 0.1) is 10.6 Å². The number of anilines is 1. The minimum absolute atomic E-state index is 0.223. The van der Waals surface area contributed by atoms with E-state index >= 15 is 0 Å². The van der Waals surface area contributed by atoms with E-state index in [9.17, 15) is 13.2 Å². The molecule has 0 unspecified atom stereocenters. The van der Waals surface area contributed by atoms with Crippen LogP contribution in [0.3, 0.4) is 0 Å². The molecule has 0 bridgehead atoms. The Morgan fingerprint density at radius 2 is 1.81 bits per heavy atom. The van der Waals surface area contributed by atoms with E-state index in [0.717, 1.165) is 29.5 Å². The number of sulfonamides is 1. The van der Waals surface area contributed by atoms with Gasteiger partial charge >= 0.3 is 0 Å². The van der Waals surface area contributed by atoms with Crippen molar-refractivity contribution in [2.24, 2.45) is 0 Å². The zero-order valence-electron chi connectivity index (χ0n) is 16.9. The summed E-state index contributed by atoms with van der Waals surface area (Å²) in [4.78, 5) is 13.3. The number of fused-ring (bicyclic) bond motifs is 1. The first-order valence-electron chi connectivity index (χ1n) is 10.2. The summed E-state index contributed by atoms with van der Waals surface area (Å²) in [6.45, 7) is 1.55. The number of benzene rings is 2. The topological polar surface area (TPSA) is 92.5 Å². The summed E-state index contributed by atoms with van der Waals surface area (Å²) in [5.41, 5.74) is 7.65. The van der Waals surface area contributed by atoms with Crippen LogP contribution in [0.4, 0.5) is 5.69 Å². The smallest absolute Gasteiger partial charge is 0.263 e. The fourth-order valence-electron chi connectivity index (χ4n) is 3.73. The van der Waals surface area contributed by atoms with Crippen LogP contribution < -0.4 is 11.1 Å². The van der Waals surface area contributed by atoms with E-state index in [4.69, 9.17) is 17.3 Å². The molecule has 0 aliphatic carbocycles.